The van der Waals surface area contributed by atoms with Crippen molar-refractivity contribution in [3.8, 4) is 0 Å². The van der Waals surface area contributed by atoms with E-state index in [9.17, 15) is 4.79 Å². The van der Waals surface area contributed by atoms with Gasteiger partial charge in [0.1, 0.15) is 12.4 Å². The van der Waals surface area contributed by atoms with Crippen LogP contribution in [0.2, 0.25) is 0 Å². The molecule has 0 fully saturated rings. The Balaban J connectivity index is 0.00000288. The summed E-state index contributed by atoms with van der Waals surface area (Å²) in [5.74, 6) is 1.09. The molecule has 132 valence electrons. The molecule has 0 bridgehead atoms. The van der Waals surface area contributed by atoms with Crippen molar-refractivity contribution in [1.29, 1.82) is 0 Å². The van der Waals surface area contributed by atoms with Gasteiger partial charge in [-0.25, -0.2) is 0 Å². The molecule has 2 rings (SSSR count). The van der Waals surface area contributed by atoms with Crippen LogP contribution in [0.3, 0.4) is 0 Å². The summed E-state index contributed by atoms with van der Waals surface area (Å²) in [6.07, 6.45) is 0. The number of amides is 1. The van der Waals surface area contributed by atoms with Crippen molar-refractivity contribution < 1.29 is 13.9 Å². The molecular weight excluding hydrogens is 328 g/mol. The molecule has 1 atom stereocenters. The summed E-state index contributed by atoms with van der Waals surface area (Å²) in [5, 5.41) is 2.79. The summed E-state index contributed by atoms with van der Waals surface area (Å²) in [4.78, 5) is 12.0. The van der Waals surface area contributed by atoms with Crippen molar-refractivity contribution in [2.45, 2.75) is 32.4 Å². The van der Waals surface area contributed by atoms with Crippen LogP contribution in [-0.4, -0.2) is 19.6 Å². The summed E-state index contributed by atoms with van der Waals surface area (Å²) >= 11 is 0. The molecule has 0 aliphatic carbocycles. The van der Waals surface area contributed by atoms with Crippen LogP contribution in [-0.2, 0) is 11.3 Å². The number of benzene rings is 1. The van der Waals surface area contributed by atoms with Gasteiger partial charge in [-0.3, -0.25) is 4.79 Å². The Morgan fingerprint density at radius 3 is 2.38 bits per heavy atom. The molecule has 1 heterocycles. The van der Waals surface area contributed by atoms with Crippen molar-refractivity contribution in [3.05, 3.63) is 59.0 Å². The molecule has 2 aromatic rings. The molecule has 6 heteroatoms. The molecule has 24 heavy (non-hydrogen) atoms. The number of nitrogens with two attached hydrogens (primary N) is 1. The lowest BCUT2D eigenvalue weighted by Gasteiger charge is -2.14. The van der Waals surface area contributed by atoms with E-state index < -0.39 is 0 Å². The number of nitrogens with one attached hydrogen (secondary N) is 1. The third kappa shape index (κ3) is 5.37. The van der Waals surface area contributed by atoms with E-state index in [1.54, 1.807) is 19.2 Å². The van der Waals surface area contributed by atoms with E-state index in [0.29, 0.717) is 24.8 Å². The van der Waals surface area contributed by atoms with Gasteiger partial charge in [0.05, 0.1) is 0 Å². The number of methoxy groups -OCH3 is 1. The normalized spacial score (nSPS) is 11.9. The fourth-order valence-corrected chi connectivity index (χ4v) is 2.26. The van der Waals surface area contributed by atoms with Gasteiger partial charge in [0.25, 0.3) is 5.91 Å². The highest BCUT2D eigenvalue weighted by atomic mass is 35.5. The van der Waals surface area contributed by atoms with Gasteiger partial charge in [-0.15, -0.1) is 12.4 Å². The van der Waals surface area contributed by atoms with Gasteiger partial charge < -0.3 is 20.2 Å². The van der Waals surface area contributed by atoms with Crippen molar-refractivity contribution >= 4 is 18.3 Å². The maximum absolute atomic E-state index is 12.0. The molecule has 0 saturated heterocycles. The largest absolute Gasteiger partial charge is 0.453 e. The molecule has 1 unspecified atom stereocenters. The Kier molecular flexibility index (Phi) is 7.98. The smallest absolute Gasteiger partial charge is 0.287 e. The zero-order valence-corrected chi connectivity index (χ0v) is 15.1. The predicted octanol–water partition coefficient (Wildman–Crippen LogP) is 3.40. The molecule has 1 aromatic carbocycles. The Morgan fingerprint density at radius 2 is 1.79 bits per heavy atom. The van der Waals surface area contributed by atoms with E-state index in [0.717, 1.165) is 5.56 Å². The Morgan fingerprint density at radius 1 is 1.17 bits per heavy atom. The quantitative estimate of drug-likeness (QED) is 0.800. The van der Waals surface area contributed by atoms with E-state index in [4.69, 9.17) is 14.9 Å². The van der Waals surface area contributed by atoms with Crippen LogP contribution >= 0.6 is 12.4 Å². The third-order valence-corrected chi connectivity index (χ3v) is 3.69. The van der Waals surface area contributed by atoms with Gasteiger partial charge in [-0.1, -0.05) is 38.1 Å². The first-order valence-corrected chi connectivity index (χ1v) is 7.72. The first-order valence-electron chi connectivity index (χ1n) is 7.72. The monoisotopic (exact) mass is 352 g/mol. The minimum absolute atomic E-state index is 0. The summed E-state index contributed by atoms with van der Waals surface area (Å²) in [6.45, 7) is 4.99. The van der Waals surface area contributed by atoms with Crippen LogP contribution in [0.4, 0.5) is 0 Å². The average Bonchev–Trinajstić information content (AvgIpc) is 3.01. The second-order valence-corrected chi connectivity index (χ2v) is 5.84. The lowest BCUT2D eigenvalue weighted by molar-refractivity contribution is 0.0914. The molecule has 0 spiro atoms. The van der Waals surface area contributed by atoms with Gasteiger partial charge in [-0.2, -0.15) is 0 Å². The topological polar surface area (TPSA) is 77.5 Å². The number of ether oxygens (including phenoxy) is 1. The Hall–Kier alpha value is -1.82. The van der Waals surface area contributed by atoms with Crippen LogP contribution in [0.15, 0.2) is 40.8 Å². The number of halogens is 1. The van der Waals surface area contributed by atoms with Crippen LogP contribution in [0, 0.1) is 0 Å². The maximum atomic E-state index is 12.0. The van der Waals surface area contributed by atoms with E-state index in [-0.39, 0.29) is 30.1 Å². The first kappa shape index (κ1) is 20.2. The zero-order valence-electron chi connectivity index (χ0n) is 14.2. The maximum Gasteiger partial charge on any atom is 0.287 e. The molecule has 1 amide bonds. The third-order valence-electron chi connectivity index (χ3n) is 3.69. The Bertz CT molecular complexity index is 638. The van der Waals surface area contributed by atoms with Crippen molar-refractivity contribution in [2.24, 2.45) is 5.73 Å². The van der Waals surface area contributed by atoms with Crippen LogP contribution in [0.25, 0.3) is 0 Å². The van der Waals surface area contributed by atoms with Crippen LogP contribution in [0.5, 0.6) is 0 Å². The molecule has 0 aliphatic heterocycles. The van der Waals surface area contributed by atoms with Gasteiger partial charge in [0.2, 0.25) is 0 Å². The summed E-state index contributed by atoms with van der Waals surface area (Å²) in [7, 11) is 1.58. The SMILES string of the molecule is COCc1ccc(C(=O)NCC(N)c2ccc(C(C)C)cc2)o1.Cl. The number of carbonyl (C=O) groups is 1. The lowest BCUT2D eigenvalue weighted by Crippen LogP contribution is -2.31. The fraction of sp³-hybridized carbons (Fsp3) is 0.389. The highest BCUT2D eigenvalue weighted by Gasteiger charge is 2.13. The number of carbonyl (C=O) groups excluding carboxylic acids is 1. The second-order valence-electron chi connectivity index (χ2n) is 5.84. The highest BCUT2D eigenvalue weighted by Crippen LogP contribution is 2.17. The predicted molar refractivity (Wildman–Crippen MR) is 96.5 cm³/mol. The molecule has 0 radical (unpaired) electrons. The fourth-order valence-electron chi connectivity index (χ4n) is 2.26. The lowest BCUT2D eigenvalue weighted by atomic mass is 9.99. The van der Waals surface area contributed by atoms with Crippen LogP contribution in [0.1, 0.15) is 53.2 Å². The number of hydrogen-bond acceptors (Lipinski definition) is 4. The molecule has 1 aromatic heterocycles. The second kappa shape index (κ2) is 9.47. The van der Waals surface area contributed by atoms with E-state index in [2.05, 4.69) is 31.3 Å². The molecular formula is C18H25ClN2O3. The van der Waals surface area contributed by atoms with Gasteiger partial charge >= 0.3 is 0 Å². The van der Waals surface area contributed by atoms with Crippen LogP contribution < -0.4 is 11.1 Å². The summed E-state index contributed by atoms with van der Waals surface area (Å²) in [6, 6.07) is 11.3. The average molecular weight is 353 g/mol. The summed E-state index contributed by atoms with van der Waals surface area (Å²) in [5.41, 5.74) is 8.40. The van der Waals surface area contributed by atoms with Gasteiger partial charge in [0.15, 0.2) is 5.76 Å². The molecule has 3 N–H and O–H groups in total. The first-order chi connectivity index (χ1) is 11.0. The minimum Gasteiger partial charge on any atom is -0.453 e. The number of hydrogen-bond donors (Lipinski definition) is 2. The van der Waals surface area contributed by atoms with Crippen molar-refractivity contribution in [2.75, 3.05) is 13.7 Å². The summed E-state index contributed by atoms with van der Waals surface area (Å²) < 4.78 is 10.3. The van der Waals surface area contributed by atoms with E-state index in [1.165, 1.54) is 5.56 Å². The van der Waals surface area contributed by atoms with E-state index >= 15 is 0 Å². The van der Waals surface area contributed by atoms with Crippen molar-refractivity contribution in [1.82, 2.24) is 5.32 Å². The van der Waals surface area contributed by atoms with Gasteiger partial charge in [0, 0.05) is 19.7 Å². The minimum atomic E-state index is -0.276. The molecule has 5 nitrogen and oxygen atoms in total. The van der Waals surface area contributed by atoms with Gasteiger partial charge in [-0.05, 0) is 29.2 Å². The standard InChI is InChI=1S/C18H24N2O3.ClH/c1-12(2)13-4-6-14(7-5-13)16(19)10-20-18(21)17-9-8-15(23-17)11-22-3;/h4-9,12,16H,10-11,19H2,1-3H3,(H,20,21);1H. The Labute approximate surface area is 149 Å². The van der Waals surface area contributed by atoms with E-state index in [1.807, 2.05) is 12.1 Å². The van der Waals surface area contributed by atoms with Crippen molar-refractivity contribution in [3.63, 3.8) is 0 Å². The highest BCUT2D eigenvalue weighted by molar-refractivity contribution is 5.91. The number of rotatable bonds is 7. The zero-order chi connectivity index (χ0) is 16.8. The molecule has 0 saturated carbocycles. The molecule has 0 aliphatic rings. The number of furan rings is 1.